The molecule has 0 aliphatic carbocycles. The molecule has 0 bridgehead atoms. The number of pyridine rings is 1. The summed E-state index contributed by atoms with van der Waals surface area (Å²) in [4.78, 5) is 30.1. The Morgan fingerprint density at radius 3 is 2.74 bits per heavy atom. The van der Waals surface area contributed by atoms with Crippen LogP contribution in [0.25, 0.3) is 21.6 Å². The van der Waals surface area contributed by atoms with Crippen LogP contribution in [0.15, 0.2) is 24.5 Å². The van der Waals surface area contributed by atoms with Gasteiger partial charge in [-0.3, -0.25) is 4.98 Å². The number of nitrogens with zero attached hydrogens (tertiary/aromatic N) is 4. The fraction of sp³-hybridized carbons (Fsp3) is 0.455. The van der Waals surface area contributed by atoms with Crippen molar-refractivity contribution >= 4 is 33.5 Å². The second-order valence-electron chi connectivity index (χ2n) is 8.83. The minimum absolute atomic E-state index is 0.00786. The highest BCUT2D eigenvalue weighted by Gasteiger charge is 2.29. The first-order valence-electron chi connectivity index (χ1n) is 10.4. The predicted molar refractivity (Wildman–Crippen MR) is 123 cm³/mol. The van der Waals surface area contributed by atoms with E-state index in [9.17, 15) is 4.79 Å². The minimum Gasteiger partial charge on any atom is -0.444 e. The van der Waals surface area contributed by atoms with Gasteiger partial charge in [0.2, 0.25) is 0 Å². The smallest absolute Gasteiger partial charge is 0.410 e. The molecule has 1 aliphatic heterocycles. The fourth-order valence-corrected chi connectivity index (χ4v) is 4.73. The second kappa shape index (κ2) is 8.39. The van der Waals surface area contributed by atoms with E-state index in [0.717, 1.165) is 32.9 Å². The summed E-state index contributed by atoms with van der Waals surface area (Å²) in [5.41, 5.74) is 7.57. The van der Waals surface area contributed by atoms with Gasteiger partial charge in [-0.15, -0.1) is 11.3 Å². The molecule has 0 spiro atoms. The van der Waals surface area contributed by atoms with Gasteiger partial charge in [-0.25, -0.2) is 14.8 Å². The van der Waals surface area contributed by atoms with E-state index in [1.165, 1.54) is 5.56 Å². The molecule has 0 fully saturated rings. The molecule has 9 heteroatoms. The Morgan fingerprint density at radius 2 is 2.06 bits per heavy atom. The average Bonchev–Trinajstić information content (AvgIpc) is 3.09. The first-order chi connectivity index (χ1) is 14.7. The lowest BCUT2D eigenvalue weighted by Gasteiger charge is -2.30. The Labute approximate surface area is 185 Å². The number of carbonyl (C=O) groups excluding carboxylic acids is 1. The topological polar surface area (TPSA) is 106 Å². The Balaban J connectivity index is 1.73. The first-order valence-corrected chi connectivity index (χ1v) is 11.2. The monoisotopic (exact) mass is 440 g/mol. The van der Waals surface area contributed by atoms with Gasteiger partial charge in [0.1, 0.15) is 16.2 Å². The zero-order valence-electron chi connectivity index (χ0n) is 18.3. The highest BCUT2D eigenvalue weighted by atomic mass is 32.1. The number of nitrogens with one attached hydrogen (secondary N) is 1. The number of fused-ring (bicyclic) bond motifs is 3. The van der Waals surface area contributed by atoms with Crippen molar-refractivity contribution in [2.45, 2.75) is 52.3 Å². The van der Waals surface area contributed by atoms with Crippen molar-refractivity contribution < 1.29 is 9.53 Å². The number of amides is 1. The van der Waals surface area contributed by atoms with Gasteiger partial charge < -0.3 is 20.7 Å². The minimum atomic E-state index is -0.515. The van der Waals surface area contributed by atoms with Crippen LogP contribution >= 0.6 is 11.3 Å². The van der Waals surface area contributed by atoms with Crippen molar-refractivity contribution in [3.05, 3.63) is 35.0 Å². The summed E-state index contributed by atoms with van der Waals surface area (Å²) in [6, 6.07) is 3.79. The van der Waals surface area contributed by atoms with E-state index in [4.69, 9.17) is 20.4 Å². The molecule has 0 saturated carbocycles. The van der Waals surface area contributed by atoms with Crippen LogP contribution in [0.1, 0.15) is 38.1 Å². The lowest BCUT2D eigenvalue weighted by molar-refractivity contribution is 0.0227. The van der Waals surface area contributed by atoms with Gasteiger partial charge in [-0.2, -0.15) is 0 Å². The van der Waals surface area contributed by atoms with Crippen molar-refractivity contribution in [1.82, 2.24) is 19.9 Å². The summed E-state index contributed by atoms with van der Waals surface area (Å²) in [5.74, 6) is 1.43. The van der Waals surface area contributed by atoms with E-state index in [0.29, 0.717) is 25.5 Å². The number of hydrogen-bond donors (Lipinski definition) is 2. The number of thiophene rings is 1. The van der Waals surface area contributed by atoms with Crippen molar-refractivity contribution in [1.29, 1.82) is 0 Å². The molecule has 4 heterocycles. The zero-order valence-corrected chi connectivity index (χ0v) is 19.1. The van der Waals surface area contributed by atoms with Crippen LogP contribution in [-0.4, -0.2) is 50.7 Å². The lowest BCUT2D eigenvalue weighted by Crippen LogP contribution is -2.39. The summed E-state index contributed by atoms with van der Waals surface area (Å²) in [6.45, 7) is 9.33. The third-order valence-corrected chi connectivity index (χ3v) is 5.99. The zero-order chi connectivity index (χ0) is 22.2. The Bertz CT molecular complexity index is 1090. The van der Waals surface area contributed by atoms with Crippen LogP contribution in [-0.2, 0) is 17.7 Å². The third kappa shape index (κ3) is 4.77. The van der Waals surface area contributed by atoms with Gasteiger partial charge in [0.05, 0.1) is 11.9 Å². The molecule has 0 aromatic carbocycles. The van der Waals surface area contributed by atoms with Crippen LogP contribution in [0.3, 0.4) is 0 Å². The number of hydrogen-bond acceptors (Lipinski definition) is 8. The number of anilines is 1. The van der Waals surface area contributed by atoms with Gasteiger partial charge in [0, 0.05) is 42.0 Å². The predicted octanol–water partition coefficient (Wildman–Crippen LogP) is 3.81. The molecule has 3 N–H and O–H groups in total. The number of nitrogens with two attached hydrogens (primary N) is 1. The number of aromatic nitrogens is 3. The Morgan fingerprint density at radius 1 is 1.32 bits per heavy atom. The van der Waals surface area contributed by atoms with Crippen molar-refractivity contribution in [2.75, 3.05) is 18.4 Å². The molecule has 3 aromatic rings. The third-order valence-electron chi connectivity index (χ3n) is 4.88. The molecule has 0 radical (unpaired) electrons. The number of rotatable bonds is 4. The highest BCUT2D eigenvalue weighted by Crippen LogP contribution is 2.39. The maximum atomic E-state index is 12.6. The van der Waals surface area contributed by atoms with Gasteiger partial charge >= 0.3 is 6.09 Å². The van der Waals surface area contributed by atoms with Crippen molar-refractivity contribution in [3.8, 4) is 11.4 Å². The van der Waals surface area contributed by atoms with Gasteiger partial charge in [0.15, 0.2) is 5.82 Å². The number of ether oxygens (including phenoxy) is 1. The van der Waals surface area contributed by atoms with E-state index >= 15 is 0 Å². The molecule has 164 valence electrons. The van der Waals surface area contributed by atoms with Crippen LogP contribution < -0.4 is 11.1 Å². The number of carbonyl (C=O) groups is 1. The van der Waals surface area contributed by atoms with E-state index in [1.807, 2.05) is 39.8 Å². The summed E-state index contributed by atoms with van der Waals surface area (Å²) in [5, 5.41) is 4.44. The molecule has 4 rings (SSSR count). The second-order valence-corrected chi connectivity index (χ2v) is 9.91. The van der Waals surface area contributed by atoms with E-state index in [1.54, 1.807) is 28.6 Å². The quantitative estimate of drug-likeness (QED) is 0.635. The summed E-state index contributed by atoms with van der Waals surface area (Å²) < 4.78 is 5.56. The molecule has 3 aromatic heterocycles. The lowest BCUT2D eigenvalue weighted by atomic mass is 10.0. The largest absolute Gasteiger partial charge is 0.444 e. The normalized spacial score (nSPS) is 14.9. The van der Waals surface area contributed by atoms with Crippen LogP contribution in [0, 0.1) is 0 Å². The molecule has 1 atom stereocenters. The summed E-state index contributed by atoms with van der Waals surface area (Å²) in [6.07, 6.45) is 3.92. The molecule has 8 nitrogen and oxygen atoms in total. The van der Waals surface area contributed by atoms with Gasteiger partial charge in [-0.1, -0.05) is 0 Å². The van der Waals surface area contributed by atoms with E-state index in [-0.39, 0.29) is 12.1 Å². The SMILES string of the molecule is C[C@H](N)CNc1nc(-c2ccncc2)nc2sc3c(c12)CCN(C(=O)OC(C)(C)C)C3. The van der Waals surface area contributed by atoms with Crippen LogP contribution in [0.4, 0.5) is 10.6 Å². The Kier molecular flexibility index (Phi) is 5.81. The molecule has 1 aliphatic rings. The van der Waals surface area contributed by atoms with E-state index < -0.39 is 5.60 Å². The first kappa shape index (κ1) is 21.5. The highest BCUT2D eigenvalue weighted by molar-refractivity contribution is 7.19. The van der Waals surface area contributed by atoms with Gasteiger partial charge in [0.25, 0.3) is 0 Å². The molecule has 0 unspecified atom stereocenters. The molecular weight excluding hydrogens is 412 g/mol. The molecular formula is C22H28N6O2S. The van der Waals surface area contributed by atoms with Crippen molar-refractivity contribution in [3.63, 3.8) is 0 Å². The average molecular weight is 441 g/mol. The maximum absolute atomic E-state index is 12.6. The molecule has 0 saturated heterocycles. The van der Waals surface area contributed by atoms with E-state index in [2.05, 4.69) is 10.3 Å². The van der Waals surface area contributed by atoms with Crippen molar-refractivity contribution in [2.24, 2.45) is 5.73 Å². The summed E-state index contributed by atoms with van der Waals surface area (Å²) >= 11 is 1.61. The fourth-order valence-electron chi connectivity index (χ4n) is 3.49. The van der Waals surface area contributed by atoms with Gasteiger partial charge in [-0.05, 0) is 51.8 Å². The Hall–Kier alpha value is -2.78. The van der Waals surface area contributed by atoms with Crippen LogP contribution in [0.2, 0.25) is 0 Å². The standard InChI is InChI=1S/C22H28N6O2S/c1-13(23)11-25-19-17-15-7-10-28(21(29)30-22(2,3)4)12-16(15)31-20(17)27-18(26-19)14-5-8-24-9-6-14/h5-6,8-9,13H,7,10-12,23H2,1-4H3,(H,25,26,27)/t13-/m0/s1. The molecule has 1 amide bonds. The van der Waals surface area contributed by atoms with Crippen LogP contribution in [0.5, 0.6) is 0 Å². The summed E-state index contributed by atoms with van der Waals surface area (Å²) in [7, 11) is 0. The maximum Gasteiger partial charge on any atom is 0.410 e. The molecule has 31 heavy (non-hydrogen) atoms.